The zero-order valence-corrected chi connectivity index (χ0v) is 13.5. The van der Waals surface area contributed by atoms with E-state index in [0.29, 0.717) is 11.1 Å². The summed E-state index contributed by atoms with van der Waals surface area (Å²) < 4.78 is 4.92. The van der Waals surface area contributed by atoms with E-state index in [1.165, 1.54) is 24.5 Å². The summed E-state index contributed by atoms with van der Waals surface area (Å²) in [5.74, 6) is -1.51. The molecule has 0 atom stereocenters. The van der Waals surface area contributed by atoms with Crippen LogP contribution in [0.1, 0.15) is 22.8 Å². The molecular weight excluding hydrogens is 322 g/mol. The highest BCUT2D eigenvalue weighted by molar-refractivity contribution is 6.15. The van der Waals surface area contributed by atoms with Crippen molar-refractivity contribution in [2.24, 2.45) is 5.10 Å². The van der Waals surface area contributed by atoms with Crippen molar-refractivity contribution in [3.05, 3.63) is 71.6 Å². The first kappa shape index (κ1) is 17.9. The molecule has 0 aliphatic rings. The second kappa shape index (κ2) is 8.97. The Labute approximate surface area is 144 Å². The lowest BCUT2D eigenvalue weighted by Gasteiger charge is -2.07. The number of pyridine rings is 1. The fraction of sp³-hybridized carbons (Fsp3) is 0.111. The van der Waals surface area contributed by atoms with Crippen LogP contribution in [0, 0.1) is 0 Å². The Morgan fingerprint density at radius 2 is 1.84 bits per heavy atom. The molecule has 1 aromatic carbocycles. The smallest absolute Gasteiger partial charge is 0.343 e. The highest BCUT2D eigenvalue weighted by atomic mass is 16.5. The van der Waals surface area contributed by atoms with Crippen molar-refractivity contribution < 1.29 is 19.4 Å². The Morgan fingerprint density at radius 3 is 2.48 bits per heavy atom. The highest BCUT2D eigenvalue weighted by Gasteiger charge is 2.16. The molecule has 0 fully saturated rings. The molecule has 0 unspecified atom stereocenters. The van der Waals surface area contributed by atoms with E-state index in [1.807, 2.05) is 0 Å². The normalized spacial score (nSPS) is 11.7. The molecule has 2 aromatic rings. The molecule has 1 aromatic heterocycles. The van der Waals surface area contributed by atoms with E-state index in [2.05, 4.69) is 15.5 Å². The van der Waals surface area contributed by atoms with E-state index < -0.39 is 11.9 Å². The predicted molar refractivity (Wildman–Crippen MR) is 92.8 cm³/mol. The monoisotopic (exact) mass is 339 g/mol. The number of hydrogen-bond acceptors (Lipinski definition) is 6. The van der Waals surface area contributed by atoms with Crippen LogP contribution in [0.4, 0.5) is 0 Å². The Kier molecular flexibility index (Phi) is 6.41. The summed E-state index contributed by atoms with van der Waals surface area (Å²) in [5.41, 5.74) is 2.91. The van der Waals surface area contributed by atoms with Crippen LogP contribution in [0.3, 0.4) is 0 Å². The molecule has 7 nitrogen and oxygen atoms in total. The number of carbonyl (C=O) groups is 2. The number of amides is 1. The second-order valence-electron chi connectivity index (χ2n) is 4.78. The summed E-state index contributed by atoms with van der Waals surface area (Å²) in [6, 6.07) is 11.5. The van der Waals surface area contributed by atoms with E-state index in [0.717, 1.165) is 6.21 Å². The van der Waals surface area contributed by atoms with Gasteiger partial charge in [-0.25, -0.2) is 10.2 Å². The summed E-state index contributed by atoms with van der Waals surface area (Å²) in [6.45, 7) is 1.79. The lowest BCUT2D eigenvalue weighted by Crippen LogP contribution is -2.19. The Balaban J connectivity index is 2.22. The summed E-state index contributed by atoms with van der Waals surface area (Å²) in [5, 5.41) is 14.1. The molecule has 7 heteroatoms. The number of esters is 1. The van der Waals surface area contributed by atoms with E-state index >= 15 is 0 Å². The van der Waals surface area contributed by atoms with Crippen molar-refractivity contribution >= 4 is 23.9 Å². The standard InChI is InChI=1S/C18H17N3O4/c1-2-25-18(24)15(16(22)13-6-4-3-5-7-13)12-20-21-17(23)14-8-10-19-11-9-14/h3-12,22H,2H2,1H3,(H,21,23). The van der Waals surface area contributed by atoms with Crippen molar-refractivity contribution in [3.63, 3.8) is 0 Å². The topological polar surface area (TPSA) is 101 Å². The van der Waals surface area contributed by atoms with Crippen LogP contribution in [0.25, 0.3) is 5.76 Å². The van der Waals surface area contributed by atoms with Crippen molar-refractivity contribution in [3.8, 4) is 0 Å². The van der Waals surface area contributed by atoms with Crippen LogP contribution < -0.4 is 5.43 Å². The SMILES string of the molecule is CCOC(=O)C(C=NNC(=O)c1ccncc1)=C(O)c1ccccc1. The maximum Gasteiger partial charge on any atom is 0.343 e. The number of aliphatic hydroxyl groups excluding tert-OH is 1. The van der Waals surface area contributed by atoms with Crippen LogP contribution in [0.15, 0.2) is 65.5 Å². The quantitative estimate of drug-likeness (QED) is 0.276. The number of hydrogen-bond donors (Lipinski definition) is 2. The lowest BCUT2D eigenvalue weighted by molar-refractivity contribution is -0.137. The van der Waals surface area contributed by atoms with Crippen molar-refractivity contribution in [2.45, 2.75) is 6.92 Å². The van der Waals surface area contributed by atoms with Gasteiger partial charge in [0.2, 0.25) is 0 Å². The largest absolute Gasteiger partial charge is 0.506 e. The average molecular weight is 339 g/mol. The number of rotatable bonds is 6. The van der Waals surface area contributed by atoms with Gasteiger partial charge in [0.25, 0.3) is 5.91 Å². The van der Waals surface area contributed by atoms with Gasteiger partial charge in [0.1, 0.15) is 11.3 Å². The minimum absolute atomic E-state index is 0.140. The Hall–Kier alpha value is -3.48. The molecule has 1 heterocycles. The third-order valence-corrected chi connectivity index (χ3v) is 3.10. The number of benzene rings is 1. The minimum atomic E-state index is -0.745. The number of hydrazone groups is 1. The average Bonchev–Trinajstić information content (AvgIpc) is 2.66. The second-order valence-corrected chi connectivity index (χ2v) is 4.78. The van der Waals surface area contributed by atoms with Crippen LogP contribution in [0.2, 0.25) is 0 Å². The van der Waals surface area contributed by atoms with E-state index in [4.69, 9.17) is 4.74 Å². The van der Waals surface area contributed by atoms with Gasteiger partial charge in [0, 0.05) is 23.5 Å². The first-order valence-electron chi connectivity index (χ1n) is 7.52. The van der Waals surface area contributed by atoms with E-state index in [-0.39, 0.29) is 17.9 Å². The molecule has 2 rings (SSSR count). The van der Waals surface area contributed by atoms with Gasteiger partial charge >= 0.3 is 5.97 Å². The van der Waals surface area contributed by atoms with Gasteiger partial charge in [-0.2, -0.15) is 5.10 Å². The summed E-state index contributed by atoms with van der Waals surface area (Å²) in [4.78, 5) is 27.8. The van der Waals surface area contributed by atoms with Crippen LogP contribution >= 0.6 is 0 Å². The fourth-order valence-corrected chi connectivity index (χ4v) is 1.89. The first-order valence-corrected chi connectivity index (χ1v) is 7.52. The molecule has 128 valence electrons. The molecule has 0 spiro atoms. The zero-order valence-electron chi connectivity index (χ0n) is 13.5. The molecule has 0 bridgehead atoms. The number of nitrogens with zero attached hydrogens (tertiary/aromatic N) is 2. The Bertz CT molecular complexity index is 786. The fourth-order valence-electron chi connectivity index (χ4n) is 1.89. The van der Waals surface area contributed by atoms with Crippen molar-refractivity contribution in [1.82, 2.24) is 10.4 Å². The number of carbonyl (C=O) groups excluding carboxylic acids is 2. The molecule has 0 radical (unpaired) electrons. The maximum absolute atomic E-state index is 12.1. The van der Waals surface area contributed by atoms with Gasteiger partial charge in [-0.1, -0.05) is 30.3 Å². The third-order valence-electron chi connectivity index (χ3n) is 3.10. The number of ether oxygens (including phenoxy) is 1. The number of nitrogens with one attached hydrogen (secondary N) is 1. The molecule has 0 saturated heterocycles. The van der Waals surface area contributed by atoms with Crippen LogP contribution in [-0.2, 0) is 9.53 Å². The molecule has 1 amide bonds. The van der Waals surface area contributed by atoms with Crippen LogP contribution in [-0.4, -0.2) is 34.8 Å². The minimum Gasteiger partial charge on any atom is -0.506 e. The molecule has 0 saturated carbocycles. The molecule has 0 aliphatic carbocycles. The van der Waals surface area contributed by atoms with Gasteiger partial charge < -0.3 is 9.84 Å². The zero-order chi connectivity index (χ0) is 18.1. The molecule has 0 aliphatic heterocycles. The first-order chi connectivity index (χ1) is 12.1. The lowest BCUT2D eigenvalue weighted by atomic mass is 10.1. The summed E-state index contributed by atoms with van der Waals surface area (Å²) >= 11 is 0. The third kappa shape index (κ3) is 5.00. The van der Waals surface area contributed by atoms with Crippen molar-refractivity contribution in [1.29, 1.82) is 0 Å². The van der Waals surface area contributed by atoms with E-state index in [1.54, 1.807) is 37.3 Å². The Morgan fingerprint density at radius 1 is 1.16 bits per heavy atom. The maximum atomic E-state index is 12.1. The van der Waals surface area contributed by atoms with E-state index in [9.17, 15) is 14.7 Å². The van der Waals surface area contributed by atoms with Gasteiger partial charge in [-0.15, -0.1) is 0 Å². The number of aromatic nitrogens is 1. The van der Waals surface area contributed by atoms with Gasteiger partial charge in [0.15, 0.2) is 0 Å². The van der Waals surface area contributed by atoms with Crippen molar-refractivity contribution in [2.75, 3.05) is 6.61 Å². The van der Waals surface area contributed by atoms with Gasteiger partial charge in [0.05, 0.1) is 12.8 Å². The molecule has 2 N–H and O–H groups in total. The van der Waals surface area contributed by atoms with Gasteiger partial charge in [-0.05, 0) is 19.1 Å². The highest BCUT2D eigenvalue weighted by Crippen LogP contribution is 2.15. The predicted octanol–water partition coefficient (Wildman–Crippen LogP) is 2.33. The molecule has 25 heavy (non-hydrogen) atoms. The summed E-state index contributed by atoms with van der Waals surface area (Å²) in [6.07, 6.45) is 4.01. The number of aliphatic hydroxyl groups is 1. The van der Waals surface area contributed by atoms with Crippen LogP contribution in [0.5, 0.6) is 0 Å². The van der Waals surface area contributed by atoms with Gasteiger partial charge in [-0.3, -0.25) is 9.78 Å². The summed E-state index contributed by atoms with van der Waals surface area (Å²) in [7, 11) is 0. The molecular formula is C18H17N3O4.